The van der Waals surface area contributed by atoms with E-state index in [0.29, 0.717) is 15.7 Å². The molecule has 0 fully saturated rings. The van der Waals surface area contributed by atoms with Gasteiger partial charge in [0.25, 0.3) is 6.43 Å². The molecule has 3 nitrogen and oxygen atoms in total. The lowest BCUT2D eigenvalue weighted by Gasteiger charge is -2.11. The van der Waals surface area contributed by atoms with Gasteiger partial charge in [-0.15, -0.1) is 0 Å². The number of carbonyl (C=O) groups is 1. The number of ether oxygens (including phenoxy) is 1. The number of halogens is 4. The lowest BCUT2D eigenvalue weighted by molar-refractivity contribution is -0.139. The van der Waals surface area contributed by atoms with Gasteiger partial charge in [0.1, 0.15) is 0 Å². The van der Waals surface area contributed by atoms with Gasteiger partial charge in [0.15, 0.2) is 0 Å². The Kier molecular flexibility index (Phi) is 5.45. The minimum absolute atomic E-state index is 0.0550. The van der Waals surface area contributed by atoms with Crippen LogP contribution in [0.2, 0.25) is 0 Å². The molecule has 7 heteroatoms. The summed E-state index contributed by atoms with van der Waals surface area (Å²) in [6.45, 7) is 0. The molecule has 0 aromatic carbocycles. The number of rotatable bonds is 4. The van der Waals surface area contributed by atoms with Crippen LogP contribution in [0.25, 0.3) is 0 Å². The Bertz CT molecular complexity index is 427. The van der Waals surface area contributed by atoms with Crippen molar-refractivity contribution in [1.29, 1.82) is 0 Å². The SMILES string of the molecule is COC(=O)Cc1ncc(C(F)F)c(CBr)c1Br. The number of pyridine rings is 1. The molecule has 0 saturated heterocycles. The van der Waals surface area contributed by atoms with Gasteiger partial charge in [-0.25, -0.2) is 8.78 Å². The zero-order valence-corrected chi connectivity index (χ0v) is 12.0. The summed E-state index contributed by atoms with van der Waals surface area (Å²) < 4.78 is 30.3. The Morgan fingerprint density at radius 3 is 2.71 bits per heavy atom. The maximum atomic E-state index is 12.7. The zero-order chi connectivity index (χ0) is 13.0. The number of methoxy groups -OCH3 is 1. The summed E-state index contributed by atoms with van der Waals surface area (Å²) in [6.07, 6.45) is -1.57. The number of aromatic nitrogens is 1. The van der Waals surface area contributed by atoms with Gasteiger partial charge in [-0.05, 0) is 21.5 Å². The maximum Gasteiger partial charge on any atom is 0.311 e. The molecule has 0 unspecified atom stereocenters. The first kappa shape index (κ1) is 14.5. The molecule has 0 saturated carbocycles. The van der Waals surface area contributed by atoms with E-state index >= 15 is 0 Å². The van der Waals surface area contributed by atoms with E-state index in [2.05, 4.69) is 41.6 Å². The first-order chi connectivity index (χ1) is 8.01. The molecule has 1 aromatic rings. The number of nitrogens with zero attached hydrogens (tertiary/aromatic N) is 1. The van der Waals surface area contributed by atoms with Gasteiger partial charge < -0.3 is 4.74 Å². The van der Waals surface area contributed by atoms with Crippen LogP contribution >= 0.6 is 31.9 Å². The van der Waals surface area contributed by atoms with Crippen LogP contribution in [0.1, 0.15) is 23.2 Å². The van der Waals surface area contributed by atoms with Gasteiger partial charge in [0, 0.05) is 21.6 Å². The van der Waals surface area contributed by atoms with Crippen LogP contribution in [0.5, 0.6) is 0 Å². The van der Waals surface area contributed by atoms with Crippen LogP contribution in [0.4, 0.5) is 8.78 Å². The Morgan fingerprint density at radius 2 is 2.24 bits per heavy atom. The van der Waals surface area contributed by atoms with E-state index in [1.54, 1.807) is 0 Å². The van der Waals surface area contributed by atoms with Gasteiger partial charge in [-0.2, -0.15) is 0 Å². The van der Waals surface area contributed by atoms with Crippen LogP contribution in [0, 0.1) is 0 Å². The van der Waals surface area contributed by atoms with Gasteiger partial charge in [-0.3, -0.25) is 9.78 Å². The first-order valence-electron chi connectivity index (χ1n) is 4.58. The summed E-state index contributed by atoms with van der Waals surface area (Å²) in [5.41, 5.74) is 0.631. The van der Waals surface area contributed by atoms with Crippen LogP contribution < -0.4 is 0 Å². The predicted molar refractivity (Wildman–Crippen MR) is 65.2 cm³/mol. The molecule has 0 aliphatic carbocycles. The van der Waals surface area contributed by atoms with E-state index in [9.17, 15) is 13.6 Å². The van der Waals surface area contributed by atoms with Crippen molar-refractivity contribution in [3.63, 3.8) is 0 Å². The van der Waals surface area contributed by atoms with Crippen molar-refractivity contribution >= 4 is 37.8 Å². The van der Waals surface area contributed by atoms with E-state index in [-0.39, 0.29) is 17.3 Å². The average molecular weight is 373 g/mol. The monoisotopic (exact) mass is 371 g/mol. The summed E-state index contributed by atoms with van der Waals surface area (Å²) in [7, 11) is 1.26. The fourth-order valence-corrected chi connectivity index (χ4v) is 2.83. The Balaban J connectivity index is 3.15. The second-order valence-electron chi connectivity index (χ2n) is 3.14. The Labute approximate surface area is 114 Å². The topological polar surface area (TPSA) is 39.2 Å². The van der Waals surface area contributed by atoms with Gasteiger partial charge in [0.05, 0.1) is 19.2 Å². The van der Waals surface area contributed by atoms with Crippen LogP contribution in [0.3, 0.4) is 0 Å². The number of hydrogen-bond donors (Lipinski definition) is 0. The second kappa shape index (κ2) is 6.39. The molecule has 0 spiro atoms. The van der Waals surface area contributed by atoms with Crippen molar-refractivity contribution in [3.05, 3.63) is 27.5 Å². The molecule has 0 amide bonds. The molecule has 0 bridgehead atoms. The molecule has 17 heavy (non-hydrogen) atoms. The Hall–Kier alpha value is -0.560. The molecule has 0 aliphatic rings. The van der Waals surface area contributed by atoms with Crippen molar-refractivity contribution in [2.24, 2.45) is 0 Å². The highest BCUT2D eigenvalue weighted by Crippen LogP contribution is 2.31. The number of carbonyl (C=O) groups excluding carboxylic acids is 1. The fraction of sp³-hybridized carbons (Fsp3) is 0.400. The number of esters is 1. The normalized spacial score (nSPS) is 10.7. The number of hydrogen-bond acceptors (Lipinski definition) is 3. The second-order valence-corrected chi connectivity index (χ2v) is 4.49. The summed E-state index contributed by atoms with van der Waals surface area (Å²) in [4.78, 5) is 15.0. The first-order valence-corrected chi connectivity index (χ1v) is 6.49. The molecule has 0 N–H and O–H groups in total. The third-order valence-electron chi connectivity index (χ3n) is 2.13. The summed E-state index contributed by atoms with van der Waals surface area (Å²) >= 11 is 6.32. The average Bonchev–Trinajstić information content (AvgIpc) is 2.30. The molecule has 1 rings (SSSR count). The van der Waals surface area contributed by atoms with Crippen molar-refractivity contribution in [2.45, 2.75) is 18.2 Å². The van der Waals surface area contributed by atoms with Gasteiger partial charge >= 0.3 is 5.97 Å². The van der Waals surface area contributed by atoms with Crippen LogP contribution in [0.15, 0.2) is 10.7 Å². The highest BCUT2D eigenvalue weighted by atomic mass is 79.9. The largest absolute Gasteiger partial charge is 0.469 e. The highest BCUT2D eigenvalue weighted by molar-refractivity contribution is 9.10. The summed E-state index contributed by atoms with van der Waals surface area (Å²) in [5, 5.41) is 0.254. The van der Waals surface area contributed by atoms with E-state index in [1.807, 2.05) is 0 Å². The predicted octanol–water partition coefficient (Wildman–Crippen LogP) is 3.39. The third kappa shape index (κ3) is 3.45. The van der Waals surface area contributed by atoms with E-state index < -0.39 is 12.4 Å². The van der Waals surface area contributed by atoms with Crippen molar-refractivity contribution in [1.82, 2.24) is 4.98 Å². The highest BCUT2D eigenvalue weighted by Gasteiger charge is 2.19. The molecule has 0 atom stereocenters. The smallest absolute Gasteiger partial charge is 0.311 e. The molecule has 0 radical (unpaired) electrons. The molecule has 1 heterocycles. The van der Waals surface area contributed by atoms with Gasteiger partial charge in [0.2, 0.25) is 0 Å². The van der Waals surface area contributed by atoms with Gasteiger partial charge in [-0.1, -0.05) is 15.9 Å². The van der Waals surface area contributed by atoms with Crippen LogP contribution in [-0.4, -0.2) is 18.1 Å². The number of alkyl halides is 3. The fourth-order valence-electron chi connectivity index (χ4n) is 1.24. The van der Waals surface area contributed by atoms with Crippen LogP contribution in [-0.2, 0) is 21.3 Å². The zero-order valence-electron chi connectivity index (χ0n) is 8.84. The van der Waals surface area contributed by atoms with E-state index in [4.69, 9.17) is 0 Å². The third-order valence-corrected chi connectivity index (χ3v) is 3.63. The van der Waals surface area contributed by atoms with E-state index in [1.165, 1.54) is 7.11 Å². The molecule has 1 aromatic heterocycles. The van der Waals surface area contributed by atoms with Crippen molar-refractivity contribution < 1.29 is 18.3 Å². The summed E-state index contributed by atoms with van der Waals surface area (Å²) in [6, 6.07) is 0. The molecular weight excluding hydrogens is 364 g/mol. The lowest BCUT2D eigenvalue weighted by Crippen LogP contribution is -2.09. The van der Waals surface area contributed by atoms with E-state index in [0.717, 1.165) is 6.20 Å². The standard InChI is InChI=1S/C10H9Br2F2NO2/c1-17-8(16)2-7-9(12)5(3-11)6(4-15-7)10(13)14/h4,10H,2-3H2,1H3. The minimum Gasteiger partial charge on any atom is -0.469 e. The molecular formula is C10H9Br2F2NO2. The minimum atomic E-state index is -2.60. The Morgan fingerprint density at radius 1 is 1.59 bits per heavy atom. The lowest BCUT2D eigenvalue weighted by atomic mass is 10.1. The molecule has 0 aliphatic heterocycles. The van der Waals surface area contributed by atoms with Crippen molar-refractivity contribution in [3.8, 4) is 0 Å². The van der Waals surface area contributed by atoms with Crippen molar-refractivity contribution in [2.75, 3.05) is 7.11 Å². The maximum absolute atomic E-state index is 12.7. The summed E-state index contributed by atoms with van der Waals surface area (Å²) in [5.74, 6) is -0.469. The quantitative estimate of drug-likeness (QED) is 0.600. The molecule has 94 valence electrons.